The molecule has 0 spiro atoms. The normalized spacial score (nSPS) is 12.7. The minimum atomic E-state index is -1.16. The lowest BCUT2D eigenvalue weighted by Crippen LogP contribution is -2.33. The second kappa shape index (κ2) is 12.1. The molecule has 0 aliphatic carbocycles. The first-order valence-electron chi connectivity index (χ1n) is 12.7. The van der Waals surface area contributed by atoms with Crippen LogP contribution in [0.1, 0.15) is 84.4 Å². The van der Waals surface area contributed by atoms with Crippen LogP contribution in [0.3, 0.4) is 0 Å². The molecule has 0 heterocycles. The number of carboxylic acid groups (broad SMARTS) is 1. The molecule has 0 aliphatic rings. The van der Waals surface area contributed by atoms with E-state index >= 15 is 0 Å². The van der Waals surface area contributed by atoms with Crippen LogP contribution >= 0.6 is 11.6 Å². The molecule has 1 atom stereocenters. The maximum Gasteiger partial charge on any atom is 0.341 e. The summed E-state index contributed by atoms with van der Waals surface area (Å²) >= 11 is 6.22. The van der Waals surface area contributed by atoms with Gasteiger partial charge in [0, 0.05) is 17.2 Å². The third-order valence-corrected chi connectivity index (χ3v) is 7.70. The Morgan fingerprint density at radius 1 is 1.03 bits per heavy atom. The molecule has 0 bridgehead atoms. The zero-order chi connectivity index (χ0) is 28.1. The standard InChI is InChI=1S/C29H40ClNO6/c1-9-21(27(35)31-20-15-23(36-16-24(32)33)17(4)25(30)26(20)34)37-22-13-12-18(28(5,6)10-2)14-19(22)29(7,8)11-3/h12-15,21,34H,9-11,16H2,1-8H3,(H,31,35)(H,32,33). The van der Waals surface area contributed by atoms with Crippen molar-refractivity contribution >= 4 is 29.2 Å². The Morgan fingerprint density at radius 2 is 1.65 bits per heavy atom. The van der Waals surface area contributed by atoms with Crippen LogP contribution in [-0.4, -0.2) is 34.8 Å². The van der Waals surface area contributed by atoms with Crippen LogP contribution in [0.5, 0.6) is 17.2 Å². The Labute approximate surface area is 225 Å². The van der Waals surface area contributed by atoms with E-state index in [2.05, 4.69) is 59.0 Å². The highest BCUT2D eigenvalue weighted by Gasteiger charge is 2.29. The van der Waals surface area contributed by atoms with Crippen molar-refractivity contribution in [3.05, 3.63) is 46.0 Å². The summed E-state index contributed by atoms with van der Waals surface area (Å²) in [4.78, 5) is 24.2. The summed E-state index contributed by atoms with van der Waals surface area (Å²) in [5, 5.41) is 22.1. The van der Waals surface area contributed by atoms with E-state index in [9.17, 15) is 14.7 Å². The van der Waals surface area contributed by atoms with Gasteiger partial charge in [0.2, 0.25) is 0 Å². The number of carbonyl (C=O) groups is 2. The third-order valence-electron chi connectivity index (χ3n) is 7.24. The van der Waals surface area contributed by atoms with E-state index in [1.54, 1.807) is 6.92 Å². The number of nitrogens with one attached hydrogen (secondary N) is 1. The van der Waals surface area contributed by atoms with Gasteiger partial charge in [0.1, 0.15) is 11.5 Å². The van der Waals surface area contributed by atoms with Gasteiger partial charge in [-0.25, -0.2) is 4.79 Å². The number of anilines is 1. The van der Waals surface area contributed by atoms with Gasteiger partial charge in [-0.15, -0.1) is 0 Å². The fraction of sp³-hybridized carbons (Fsp3) is 0.517. The maximum absolute atomic E-state index is 13.3. The van der Waals surface area contributed by atoms with E-state index in [0.717, 1.165) is 18.4 Å². The molecule has 204 valence electrons. The minimum absolute atomic E-state index is 0.00128. The summed E-state index contributed by atoms with van der Waals surface area (Å²) in [6.07, 6.45) is 1.40. The number of rotatable bonds is 12. The van der Waals surface area contributed by atoms with Crippen molar-refractivity contribution in [3.63, 3.8) is 0 Å². The number of halogens is 1. The quantitative estimate of drug-likeness (QED) is 0.254. The lowest BCUT2D eigenvalue weighted by molar-refractivity contribution is -0.139. The summed E-state index contributed by atoms with van der Waals surface area (Å²) in [7, 11) is 0. The summed E-state index contributed by atoms with van der Waals surface area (Å²) in [6.45, 7) is 15.9. The number of phenols is 1. The van der Waals surface area contributed by atoms with Gasteiger partial charge in [0.05, 0.1) is 10.7 Å². The van der Waals surface area contributed by atoms with Crippen LogP contribution in [0, 0.1) is 6.92 Å². The van der Waals surface area contributed by atoms with E-state index < -0.39 is 24.6 Å². The SMILES string of the molecule is CCC(Oc1ccc(C(C)(C)CC)cc1C(C)(C)CC)C(=O)Nc1cc(OCC(=O)O)c(C)c(Cl)c1O. The number of carbonyl (C=O) groups excluding carboxylic acids is 1. The van der Waals surface area contributed by atoms with Crippen molar-refractivity contribution in [2.24, 2.45) is 0 Å². The van der Waals surface area contributed by atoms with E-state index in [4.69, 9.17) is 26.2 Å². The second-order valence-corrected chi connectivity index (χ2v) is 11.0. The molecule has 2 rings (SSSR count). The van der Waals surface area contributed by atoms with Crippen LogP contribution in [0.4, 0.5) is 5.69 Å². The van der Waals surface area contributed by atoms with Gasteiger partial charge in [0.15, 0.2) is 18.5 Å². The highest BCUT2D eigenvalue weighted by atomic mass is 35.5. The predicted molar refractivity (Wildman–Crippen MR) is 147 cm³/mol. The van der Waals surface area contributed by atoms with Gasteiger partial charge in [-0.3, -0.25) is 4.79 Å². The van der Waals surface area contributed by atoms with Crippen LogP contribution in [0.15, 0.2) is 24.3 Å². The summed E-state index contributed by atoms with van der Waals surface area (Å²) in [5.74, 6) is -1.17. The summed E-state index contributed by atoms with van der Waals surface area (Å²) in [5.41, 5.74) is 2.44. The number of ether oxygens (including phenoxy) is 2. The maximum atomic E-state index is 13.3. The van der Waals surface area contributed by atoms with Gasteiger partial charge in [-0.2, -0.15) is 0 Å². The van der Waals surface area contributed by atoms with Crippen molar-refractivity contribution in [3.8, 4) is 17.2 Å². The first-order chi connectivity index (χ1) is 17.2. The molecule has 1 unspecified atom stereocenters. The zero-order valence-corrected chi connectivity index (χ0v) is 23.9. The van der Waals surface area contributed by atoms with E-state index in [0.29, 0.717) is 17.7 Å². The average molecular weight is 534 g/mol. The van der Waals surface area contributed by atoms with Crippen molar-refractivity contribution < 1.29 is 29.3 Å². The molecule has 7 nitrogen and oxygen atoms in total. The number of benzene rings is 2. The third kappa shape index (κ3) is 7.10. The Hall–Kier alpha value is -2.93. The highest BCUT2D eigenvalue weighted by molar-refractivity contribution is 6.33. The predicted octanol–water partition coefficient (Wildman–Crippen LogP) is 6.99. The average Bonchev–Trinajstić information content (AvgIpc) is 2.86. The fourth-order valence-electron chi connectivity index (χ4n) is 3.76. The van der Waals surface area contributed by atoms with Crippen molar-refractivity contribution in [2.45, 2.75) is 91.6 Å². The molecule has 0 saturated heterocycles. The Bertz CT molecular complexity index is 1140. The number of amides is 1. The number of phenolic OH excluding ortho intramolecular Hbond substituents is 1. The van der Waals surface area contributed by atoms with Crippen LogP contribution in [-0.2, 0) is 20.4 Å². The molecule has 0 fully saturated rings. The fourth-order valence-corrected chi connectivity index (χ4v) is 3.96. The molecule has 0 radical (unpaired) electrons. The van der Waals surface area contributed by atoms with Gasteiger partial charge in [-0.05, 0) is 48.6 Å². The molecule has 1 amide bonds. The molecule has 0 aromatic heterocycles. The minimum Gasteiger partial charge on any atom is -0.504 e. The van der Waals surface area contributed by atoms with Crippen molar-refractivity contribution in [1.29, 1.82) is 0 Å². The van der Waals surface area contributed by atoms with Crippen molar-refractivity contribution in [2.75, 3.05) is 11.9 Å². The highest BCUT2D eigenvalue weighted by Crippen LogP contribution is 2.41. The first kappa shape index (κ1) is 30.3. The van der Waals surface area contributed by atoms with E-state index in [-0.39, 0.29) is 33.0 Å². The number of carboxylic acids is 1. The molecular weight excluding hydrogens is 494 g/mol. The molecule has 3 N–H and O–H groups in total. The number of hydrogen-bond donors (Lipinski definition) is 3. The monoisotopic (exact) mass is 533 g/mol. The van der Waals surface area contributed by atoms with Crippen LogP contribution in [0.2, 0.25) is 5.02 Å². The number of aliphatic carboxylic acids is 1. The molecular formula is C29H40ClNO6. The van der Waals surface area contributed by atoms with Gasteiger partial charge in [-0.1, -0.05) is 72.2 Å². The lowest BCUT2D eigenvalue weighted by Gasteiger charge is -2.31. The Kier molecular flexibility index (Phi) is 9.89. The molecule has 0 aliphatic heterocycles. The molecule has 2 aromatic rings. The van der Waals surface area contributed by atoms with Crippen LogP contribution in [0.25, 0.3) is 0 Å². The summed E-state index contributed by atoms with van der Waals surface area (Å²) in [6, 6.07) is 7.53. The second-order valence-electron chi connectivity index (χ2n) is 10.6. The molecule has 37 heavy (non-hydrogen) atoms. The van der Waals surface area contributed by atoms with Crippen molar-refractivity contribution in [1.82, 2.24) is 0 Å². The van der Waals surface area contributed by atoms with Gasteiger partial charge < -0.3 is 25.0 Å². The van der Waals surface area contributed by atoms with E-state index in [1.807, 2.05) is 13.0 Å². The Balaban J connectivity index is 2.40. The Morgan fingerprint density at radius 3 is 2.19 bits per heavy atom. The molecule has 2 aromatic carbocycles. The number of hydrogen-bond acceptors (Lipinski definition) is 5. The largest absolute Gasteiger partial charge is 0.504 e. The molecule has 0 saturated carbocycles. The van der Waals surface area contributed by atoms with Gasteiger partial charge >= 0.3 is 5.97 Å². The zero-order valence-electron chi connectivity index (χ0n) is 23.1. The van der Waals surface area contributed by atoms with Gasteiger partial charge in [0.25, 0.3) is 5.91 Å². The lowest BCUT2D eigenvalue weighted by atomic mass is 9.76. The molecule has 8 heteroatoms. The smallest absolute Gasteiger partial charge is 0.341 e. The number of aromatic hydroxyl groups is 1. The topological polar surface area (TPSA) is 105 Å². The summed E-state index contributed by atoms with van der Waals surface area (Å²) < 4.78 is 11.6. The van der Waals surface area contributed by atoms with Crippen LogP contribution < -0.4 is 14.8 Å². The first-order valence-corrected chi connectivity index (χ1v) is 13.0. The van der Waals surface area contributed by atoms with E-state index in [1.165, 1.54) is 11.6 Å².